The molecular weight excluding hydrogens is 196 g/mol. The molecule has 0 bridgehead atoms. The van der Waals surface area contributed by atoms with E-state index in [9.17, 15) is 14.4 Å². The van der Waals surface area contributed by atoms with Gasteiger partial charge in [0.2, 0.25) is 0 Å². The predicted molar refractivity (Wildman–Crippen MR) is 52.8 cm³/mol. The Kier molecular flexibility index (Phi) is 2.15. The van der Waals surface area contributed by atoms with Crippen LogP contribution in [0.15, 0.2) is 10.9 Å². The standard InChI is InChI=1S/C10H10N2O3/c11-9(14)6-4-5-7(12-10(6)15)2-1-3-8(5)13/h4H,1-3H2,(H2,11,14)(H,12,15). The fourth-order valence-corrected chi connectivity index (χ4v) is 1.76. The van der Waals surface area contributed by atoms with Crippen molar-refractivity contribution in [1.82, 2.24) is 4.98 Å². The minimum atomic E-state index is -0.808. The maximum absolute atomic E-state index is 11.5. The molecule has 0 saturated heterocycles. The Morgan fingerprint density at radius 1 is 1.33 bits per heavy atom. The Bertz CT molecular complexity index is 502. The average Bonchev–Trinajstić information content (AvgIpc) is 2.16. The third-order valence-corrected chi connectivity index (χ3v) is 2.52. The summed E-state index contributed by atoms with van der Waals surface area (Å²) < 4.78 is 0. The highest BCUT2D eigenvalue weighted by Crippen LogP contribution is 2.18. The zero-order valence-electron chi connectivity index (χ0n) is 8.00. The Labute approximate surface area is 85.3 Å². The first kappa shape index (κ1) is 9.64. The first-order valence-electron chi connectivity index (χ1n) is 4.69. The highest BCUT2D eigenvalue weighted by Gasteiger charge is 2.20. The maximum Gasteiger partial charge on any atom is 0.261 e. The summed E-state index contributed by atoms with van der Waals surface area (Å²) in [5.41, 5.74) is 5.39. The summed E-state index contributed by atoms with van der Waals surface area (Å²) in [5, 5.41) is 0. The molecular formula is C10H10N2O3. The molecule has 0 fully saturated rings. The summed E-state index contributed by atoms with van der Waals surface area (Å²) in [7, 11) is 0. The van der Waals surface area contributed by atoms with Gasteiger partial charge in [-0.2, -0.15) is 0 Å². The monoisotopic (exact) mass is 206 g/mol. The third kappa shape index (κ3) is 1.56. The molecule has 0 aliphatic heterocycles. The molecule has 15 heavy (non-hydrogen) atoms. The minimum Gasteiger partial charge on any atom is -0.365 e. The molecule has 5 heteroatoms. The van der Waals surface area contributed by atoms with Gasteiger partial charge in [-0.1, -0.05) is 0 Å². The van der Waals surface area contributed by atoms with Crippen molar-refractivity contribution in [2.45, 2.75) is 19.3 Å². The zero-order valence-corrected chi connectivity index (χ0v) is 8.00. The highest BCUT2D eigenvalue weighted by atomic mass is 16.2. The molecule has 1 amide bonds. The zero-order chi connectivity index (χ0) is 11.0. The smallest absolute Gasteiger partial charge is 0.261 e. The molecule has 1 aliphatic carbocycles. The number of pyridine rings is 1. The van der Waals surface area contributed by atoms with Crippen LogP contribution in [0.5, 0.6) is 0 Å². The number of Topliss-reactive ketones (excluding diaryl/α,β-unsaturated/α-hetero) is 1. The number of amides is 1. The van der Waals surface area contributed by atoms with E-state index in [2.05, 4.69) is 4.98 Å². The van der Waals surface area contributed by atoms with E-state index in [1.54, 1.807) is 0 Å². The first-order valence-corrected chi connectivity index (χ1v) is 4.69. The second-order valence-corrected chi connectivity index (χ2v) is 3.55. The van der Waals surface area contributed by atoms with Gasteiger partial charge >= 0.3 is 0 Å². The van der Waals surface area contributed by atoms with E-state index in [-0.39, 0.29) is 11.3 Å². The van der Waals surface area contributed by atoms with Crippen molar-refractivity contribution in [2.24, 2.45) is 5.73 Å². The number of H-pyrrole nitrogens is 1. The molecule has 1 aromatic heterocycles. The van der Waals surface area contributed by atoms with E-state index in [4.69, 9.17) is 5.73 Å². The van der Waals surface area contributed by atoms with Crippen LogP contribution >= 0.6 is 0 Å². The number of nitrogens with two attached hydrogens (primary N) is 1. The molecule has 0 radical (unpaired) electrons. The Morgan fingerprint density at radius 3 is 2.73 bits per heavy atom. The van der Waals surface area contributed by atoms with E-state index in [0.717, 1.165) is 6.42 Å². The number of hydrogen-bond acceptors (Lipinski definition) is 3. The van der Waals surface area contributed by atoms with E-state index in [0.29, 0.717) is 24.1 Å². The maximum atomic E-state index is 11.5. The molecule has 78 valence electrons. The lowest BCUT2D eigenvalue weighted by molar-refractivity contribution is 0.0971. The third-order valence-electron chi connectivity index (χ3n) is 2.52. The van der Waals surface area contributed by atoms with Crippen LogP contribution in [-0.4, -0.2) is 16.7 Å². The van der Waals surface area contributed by atoms with Crippen LogP contribution in [0, 0.1) is 0 Å². The van der Waals surface area contributed by atoms with Gasteiger partial charge in [0.1, 0.15) is 5.56 Å². The van der Waals surface area contributed by atoms with Gasteiger partial charge in [0, 0.05) is 17.7 Å². The van der Waals surface area contributed by atoms with Crippen molar-refractivity contribution in [3.05, 3.63) is 33.2 Å². The van der Waals surface area contributed by atoms with Gasteiger partial charge in [-0.25, -0.2) is 0 Å². The second kappa shape index (κ2) is 3.34. The summed E-state index contributed by atoms with van der Waals surface area (Å²) in [6.45, 7) is 0. The van der Waals surface area contributed by atoms with Crippen molar-refractivity contribution < 1.29 is 9.59 Å². The van der Waals surface area contributed by atoms with Crippen LogP contribution in [0.4, 0.5) is 0 Å². The summed E-state index contributed by atoms with van der Waals surface area (Å²) >= 11 is 0. The second-order valence-electron chi connectivity index (χ2n) is 3.55. The molecule has 1 aliphatic rings. The molecule has 1 aromatic rings. The molecule has 3 N–H and O–H groups in total. The van der Waals surface area contributed by atoms with Gasteiger partial charge in [0.25, 0.3) is 11.5 Å². The number of carbonyl (C=O) groups excluding carboxylic acids is 2. The molecule has 0 aromatic carbocycles. The van der Waals surface area contributed by atoms with Crippen LogP contribution in [0.1, 0.15) is 39.3 Å². The fraction of sp³-hybridized carbons (Fsp3) is 0.300. The topological polar surface area (TPSA) is 93.0 Å². The number of ketones is 1. The molecule has 2 rings (SSSR count). The Balaban J connectivity index is 2.65. The van der Waals surface area contributed by atoms with Gasteiger partial charge in [-0.15, -0.1) is 0 Å². The van der Waals surface area contributed by atoms with E-state index >= 15 is 0 Å². The number of carbonyl (C=O) groups is 2. The molecule has 0 spiro atoms. The number of nitrogens with one attached hydrogen (secondary N) is 1. The predicted octanol–water partition coefficient (Wildman–Crippen LogP) is -0.00720. The number of aromatic nitrogens is 1. The molecule has 5 nitrogen and oxygen atoms in total. The van der Waals surface area contributed by atoms with Crippen LogP contribution in [0.25, 0.3) is 0 Å². The quantitative estimate of drug-likeness (QED) is 0.676. The van der Waals surface area contributed by atoms with E-state index in [1.165, 1.54) is 6.07 Å². The van der Waals surface area contributed by atoms with Gasteiger partial charge in [-0.3, -0.25) is 14.4 Å². The van der Waals surface area contributed by atoms with Gasteiger partial charge in [0.05, 0.1) is 0 Å². The Morgan fingerprint density at radius 2 is 2.07 bits per heavy atom. The lowest BCUT2D eigenvalue weighted by Gasteiger charge is -2.14. The average molecular weight is 206 g/mol. The van der Waals surface area contributed by atoms with Gasteiger partial charge < -0.3 is 10.7 Å². The van der Waals surface area contributed by atoms with E-state index in [1.807, 2.05) is 0 Å². The van der Waals surface area contributed by atoms with Crippen molar-refractivity contribution in [1.29, 1.82) is 0 Å². The van der Waals surface area contributed by atoms with E-state index < -0.39 is 11.5 Å². The first-order chi connectivity index (χ1) is 7.09. The molecule has 0 unspecified atom stereocenters. The van der Waals surface area contributed by atoms with Gasteiger partial charge in [-0.05, 0) is 18.9 Å². The Hall–Kier alpha value is -1.91. The summed E-state index contributed by atoms with van der Waals surface area (Å²) in [6.07, 6.45) is 1.85. The largest absolute Gasteiger partial charge is 0.365 e. The number of hydrogen-bond donors (Lipinski definition) is 2. The van der Waals surface area contributed by atoms with Gasteiger partial charge in [0.15, 0.2) is 5.78 Å². The van der Waals surface area contributed by atoms with Crippen LogP contribution in [0.2, 0.25) is 0 Å². The number of aromatic amines is 1. The van der Waals surface area contributed by atoms with Crippen LogP contribution < -0.4 is 11.3 Å². The number of aryl methyl sites for hydroxylation is 1. The normalized spacial score (nSPS) is 14.8. The number of fused-ring (bicyclic) bond motifs is 1. The molecule has 1 heterocycles. The number of primary amides is 1. The van der Waals surface area contributed by atoms with Crippen molar-refractivity contribution in [3.8, 4) is 0 Å². The minimum absolute atomic E-state index is 0.0463. The number of rotatable bonds is 1. The van der Waals surface area contributed by atoms with Crippen molar-refractivity contribution in [2.75, 3.05) is 0 Å². The molecule has 0 saturated carbocycles. The highest BCUT2D eigenvalue weighted by molar-refractivity contribution is 6.01. The lowest BCUT2D eigenvalue weighted by Crippen LogP contribution is -2.27. The molecule has 0 atom stereocenters. The lowest BCUT2D eigenvalue weighted by atomic mass is 9.94. The van der Waals surface area contributed by atoms with Crippen molar-refractivity contribution >= 4 is 11.7 Å². The summed E-state index contributed by atoms with van der Waals surface area (Å²) in [5.74, 6) is -0.854. The fourth-order valence-electron chi connectivity index (χ4n) is 1.76. The van der Waals surface area contributed by atoms with Crippen molar-refractivity contribution in [3.63, 3.8) is 0 Å². The summed E-state index contributed by atoms with van der Waals surface area (Å²) in [4.78, 5) is 36.3. The van der Waals surface area contributed by atoms with Crippen LogP contribution in [0.3, 0.4) is 0 Å². The summed E-state index contributed by atoms with van der Waals surface area (Å²) in [6, 6.07) is 1.30. The SMILES string of the molecule is NC(=O)c1cc2c([nH]c1=O)CCCC2=O. The van der Waals surface area contributed by atoms with Crippen LogP contribution in [-0.2, 0) is 6.42 Å².